The van der Waals surface area contributed by atoms with Crippen LogP contribution >= 0.6 is 0 Å². The van der Waals surface area contributed by atoms with Crippen LogP contribution in [0.5, 0.6) is 0 Å². The molecule has 0 aromatic carbocycles. The standard InChI is InChI=1S/C84H165NO5/c1-3-5-7-9-11-13-15-17-19-21-44-48-52-56-60-64-68-72-76-82(87)81(80-86)85-83(88)77-73-69-65-61-57-53-49-45-42-40-38-36-34-32-30-28-26-24-23-25-27-29-31-33-35-37-39-41-43-47-51-55-59-63-67-71-75-79-90-84(89)78-74-70-66-62-58-54-50-46-22-20-18-16-14-12-10-8-6-4-2/h23,25,81-82,86-87H,3-22,24,26-80H2,1-2H3,(H,85,88)/b25-23-. The average molecular weight is 1270 g/mol. The second kappa shape index (κ2) is 80.0. The molecule has 0 heterocycles. The molecule has 536 valence electrons. The first-order valence-corrected chi connectivity index (χ1v) is 41.9. The summed E-state index contributed by atoms with van der Waals surface area (Å²) in [6.45, 7) is 5.02. The minimum Gasteiger partial charge on any atom is -0.466 e. The highest BCUT2D eigenvalue weighted by molar-refractivity contribution is 5.76. The van der Waals surface area contributed by atoms with Crippen LogP contribution in [-0.4, -0.2) is 47.4 Å². The summed E-state index contributed by atoms with van der Waals surface area (Å²) >= 11 is 0. The van der Waals surface area contributed by atoms with Crippen LogP contribution in [0.25, 0.3) is 0 Å². The summed E-state index contributed by atoms with van der Waals surface area (Å²) in [5, 5.41) is 23.4. The summed E-state index contributed by atoms with van der Waals surface area (Å²) in [5.41, 5.74) is 0. The van der Waals surface area contributed by atoms with E-state index in [1.165, 1.54) is 417 Å². The van der Waals surface area contributed by atoms with E-state index in [1.807, 2.05) is 0 Å². The number of nitrogens with one attached hydrogen (secondary N) is 1. The van der Waals surface area contributed by atoms with Crippen molar-refractivity contribution in [1.29, 1.82) is 0 Å². The Morgan fingerprint density at radius 1 is 0.300 bits per heavy atom. The van der Waals surface area contributed by atoms with Gasteiger partial charge in [-0.15, -0.1) is 0 Å². The number of rotatable bonds is 80. The van der Waals surface area contributed by atoms with Gasteiger partial charge in [0.1, 0.15) is 0 Å². The van der Waals surface area contributed by atoms with Gasteiger partial charge in [0, 0.05) is 12.8 Å². The van der Waals surface area contributed by atoms with Crippen molar-refractivity contribution in [3.63, 3.8) is 0 Å². The van der Waals surface area contributed by atoms with E-state index in [-0.39, 0.29) is 18.5 Å². The number of esters is 1. The molecule has 3 N–H and O–H groups in total. The summed E-state index contributed by atoms with van der Waals surface area (Å²) in [6, 6.07) is -0.538. The molecule has 0 fully saturated rings. The van der Waals surface area contributed by atoms with Crippen molar-refractivity contribution in [2.24, 2.45) is 0 Å². The van der Waals surface area contributed by atoms with Crippen LogP contribution in [0.3, 0.4) is 0 Å². The van der Waals surface area contributed by atoms with Gasteiger partial charge in [-0.2, -0.15) is 0 Å². The number of hydrogen-bond acceptors (Lipinski definition) is 5. The van der Waals surface area contributed by atoms with Crippen molar-refractivity contribution in [3.05, 3.63) is 12.2 Å². The fourth-order valence-electron chi connectivity index (χ4n) is 13.7. The molecule has 0 radical (unpaired) electrons. The van der Waals surface area contributed by atoms with E-state index in [9.17, 15) is 19.8 Å². The molecule has 0 bridgehead atoms. The lowest BCUT2D eigenvalue weighted by Gasteiger charge is -2.22. The Bertz CT molecular complexity index is 1370. The van der Waals surface area contributed by atoms with Crippen LogP contribution in [0, 0.1) is 0 Å². The number of hydrogen-bond donors (Lipinski definition) is 3. The summed E-state index contributed by atoms with van der Waals surface area (Å²) < 4.78 is 5.52. The van der Waals surface area contributed by atoms with Gasteiger partial charge in [0.2, 0.25) is 5.91 Å². The van der Waals surface area contributed by atoms with Gasteiger partial charge in [0.25, 0.3) is 0 Å². The van der Waals surface area contributed by atoms with Crippen molar-refractivity contribution in [3.8, 4) is 0 Å². The predicted octanol–water partition coefficient (Wildman–Crippen LogP) is 27.8. The number of aliphatic hydroxyl groups excluding tert-OH is 2. The van der Waals surface area contributed by atoms with Crippen LogP contribution in [0.15, 0.2) is 12.2 Å². The predicted molar refractivity (Wildman–Crippen MR) is 398 cm³/mol. The molecule has 0 spiro atoms. The molecule has 1 amide bonds. The maximum atomic E-state index is 12.6. The van der Waals surface area contributed by atoms with Gasteiger partial charge >= 0.3 is 5.97 Å². The highest BCUT2D eigenvalue weighted by Crippen LogP contribution is 2.21. The highest BCUT2D eigenvalue weighted by Gasteiger charge is 2.20. The first-order chi connectivity index (χ1) is 44.5. The van der Waals surface area contributed by atoms with Gasteiger partial charge in [-0.1, -0.05) is 437 Å². The van der Waals surface area contributed by atoms with E-state index in [2.05, 4.69) is 31.3 Å². The lowest BCUT2D eigenvalue weighted by atomic mass is 10.0. The van der Waals surface area contributed by atoms with Crippen LogP contribution < -0.4 is 5.32 Å². The summed E-state index contributed by atoms with van der Waals surface area (Å²) in [7, 11) is 0. The minimum absolute atomic E-state index is 0.0258. The lowest BCUT2D eigenvalue weighted by Crippen LogP contribution is -2.45. The molecule has 6 heteroatoms. The van der Waals surface area contributed by atoms with Gasteiger partial charge in [-0.25, -0.2) is 0 Å². The van der Waals surface area contributed by atoms with Crippen molar-refractivity contribution in [2.75, 3.05) is 13.2 Å². The van der Waals surface area contributed by atoms with Gasteiger partial charge in [-0.3, -0.25) is 9.59 Å². The zero-order valence-electron chi connectivity index (χ0n) is 61.7. The molecule has 2 unspecified atom stereocenters. The van der Waals surface area contributed by atoms with Crippen molar-refractivity contribution in [2.45, 2.75) is 501 Å². The first-order valence-electron chi connectivity index (χ1n) is 41.9. The molecule has 0 aliphatic heterocycles. The van der Waals surface area contributed by atoms with Crippen LogP contribution in [-0.2, 0) is 14.3 Å². The zero-order valence-corrected chi connectivity index (χ0v) is 61.7. The van der Waals surface area contributed by atoms with Crippen molar-refractivity contribution in [1.82, 2.24) is 5.32 Å². The molecule has 0 saturated carbocycles. The third kappa shape index (κ3) is 75.6. The van der Waals surface area contributed by atoms with E-state index >= 15 is 0 Å². The molecule has 0 aliphatic rings. The Balaban J connectivity index is 3.31. The van der Waals surface area contributed by atoms with E-state index in [1.54, 1.807) is 0 Å². The van der Waals surface area contributed by atoms with E-state index < -0.39 is 12.1 Å². The Morgan fingerprint density at radius 2 is 0.522 bits per heavy atom. The van der Waals surface area contributed by atoms with Crippen LogP contribution in [0.4, 0.5) is 0 Å². The van der Waals surface area contributed by atoms with Crippen molar-refractivity contribution >= 4 is 11.9 Å². The number of carbonyl (C=O) groups excluding carboxylic acids is 2. The zero-order chi connectivity index (χ0) is 64.9. The van der Waals surface area contributed by atoms with E-state index in [0.717, 1.165) is 38.5 Å². The smallest absolute Gasteiger partial charge is 0.305 e. The molecule has 90 heavy (non-hydrogen) atoms. The maximum Gasteiger partial charge on any atom is 0.305 e. The molecule has 6 nitrogen and oxygen atoms in total. The highest BCUT2D eigenvalue weighted by atomic mass is 16.5. The maximum absolute atomic E-state index is 12.6. The summed E-state index contributed by atoms with van der Waals surface area (Å²) in [5.74, 6) is 0.00143. The number of unbranched alkanes of at least 4 members (excludes halogenated alkanes) is 67. The number of carbonyl (C=O) groups is 2. The fraction of sp³-hybridized carbons (Fsp3) is 0.952. The van der Waals surface area contributed by atoms with Crippen LogP contribution in [0.2, 0.25) is 0 Å². The van der Waals surface area contributed by atoms with Gasteiger partial charge < -0.3 is 20.3 Å². The Hall–Kier alpha value is -1.40. The van der Waals surface area contributed by atoms with Crippen molar-refractivity contribution < 1.29 is 24.5 Å². The topological polar surface area (TPSA) is 95.9 Å². The summed E-state index contributed by atoms with van der Waals surface area (Å²) in [4.78, 5) is 24.7. The van der Waals surface area contributed by atoms with Crippen LogP contribution in [0.1, 0.15) is 489 Å². The molecule has 2 atom stereocenters. The van der Waals surface area contributed by atoms with Gasteiger partial charge in [-0.05, 0) is 51.4 Å². The minimum atomic E-state index is -0.661. The summed E-state index contributed by atoms with van der Waals surface area (Å²) in [6.07, 6.45) is 102. The van der Waals surface area contributed by atoms with Gasteiger partial charge in [0.15, 0.2) is 0 Å². The molecule has 0 aromatic heterocycles. The Kier molecular flexibility index (Phi) is 78.8. The largest absolute Gasteiger partial charge is 0.466 e. The first kappa shape index (κ1) is 88.6. The van der Waals surface area contributed by atoms with E-state index in [0.29, 0.717) is 25.9 Å². The van der Waals surface area contributed by atoms with Gasteiger partial charge in [0.05, 0.1) is 25.4 Å². The molecule has 0 aliphatic carbocycles. The molecule has 0 rings (SSSR count). The average Bonchev–Trinajstić information content (AvgIpc) is 3.69. The number of allylic oxidation sites excluding steroid dienone is 2. The number of ether oxygens (including phenoxy) is 1. The molecule has 0 aromatic rings. The second-order valence-corrected chi connectivity index (χ2v) is 29.2. The SMILES string of the molecule is CCCCCCCCCCCCCCCCCCCCC(=O)OCCCCCCCCCCCCCCCCCC/C=C\CCCCCCCCCCCCCCCCCCCC(=O)NC(CO)C(O)CCCCCCCCCCCCCCCCCCCC. The Labute approximate surface area is 565 Å². The Morgan fingerprint density at radius 3 is 0.789 bits per heavy atom. The number of amides is 1. The van der Waals surface area contributed by atoms with E-state index in [4.69, 9.17) is 4.74 Å². The quantitative estimate of drug-likeness (QED) is 0.0320. The molecule has 0 saturated heterocycles. The molecular formula is C84H165NO5. The lowest BCUT2D eigenvalue weighted by molar-refractivity contribution is -0.143. The third-order valence-electron chi connectivity index (χ3n) is 20.1. The fourth-order valence-corrected chi connectivity index (χ4v) is 13.7. The molecular weight excluding hydrogens is 1100 g/mol. The second-order valence-electron chi connectivity index (χ2n) is 29.2. The monoisotopic (exact) mass is 1270 g/mol. The normalized spacial score (nSPS) is 12.4. The number of aliphatic hydroxyl groups is 2. The third-order valence-corrected chi connectivity index (χ3v) is 20.1.